The van der Waals surface area contributed by atoms with Crippen LogP contribution >= 0.6 is 15.9 Å². The van der Waals surface area contributed by atoms with Crippen LogP contribution in [0.4, 0.5) is 5.82 Å². The summed E-state index contributed by atoms with van der Waals surface area (Å²) in [5.41, 5.74) is 8.89. The van der Waals surface area contributed by atoms with Crippen LogP contribution in [0.25, 0.3) is 5.82 Å². The van der Waals surface area contributed by atoms with E-state index in [4.69, 9.17) is 19.9 Å². The standard InChI is InChI=1S/C16H17BrN8O5/c1-27-7-9-13(20-24-25(9)15-14(18)22-30-23-15)16(26)21-19-6-8-10(28-2)4-5-11(29-3)12(8)17/h4-6H,7H2,1-3H3,(H2,18,22)(H,21,26)/b19-6-. The topological polar surface area (TPSA) is 165 Å². The Kier molecular flexibility index (Phi) is 6.58. The van der Waals surface area contributed by atoms with E-state index in [-0.39, 0.29) is 29.6 Å². The van der Waals surface area contributed by atoms with Crippen LogP contribution in [0.5, 0.6) is 11.5 Å². The van der Waals surface area contributed by atoms with Gasteiger partial charge in [-0.25, -0.2) is 10.1 Å². The molecule has 3 rings (SSSR count). The van der Waals surface area contributed by atoms with Gasteiger partial charge in [0.25, 0.3) is 5.91 Å². The van der Waals surface area contributed by atoms with E-state index in [0.29, 0.717) is 21.5 Å². The molecule has 0 radical (unpaired) electrons. The first-order valence-electron chi connectivity index (χ1n) is 8.27. The minimum atomic E-state index is -0.627. The highest BCUT2D eigenvalue weighted by Crippen LogP contribution is 2.33. The summed E-state index contributed by atoms with van der Waals surface area (Å²) in [5.74, 6) is 0.547. The van der Waals surface area contributed by atoms with Crippen LogP contribution in [-0.4, -0.2) is 58.8 Å². The number of ether oxygens (including phenoxy) is 3. The van der Waals surface area contributed by atoms with Crippen molar-refractivity contribution in [1.29, 1.82) is 0 Å². The average Bonchev–Trinajstić information content (AvgIpc) is 3.35. The molecule has 0 saturated carbocycles. The molecule has 0 aliphatic rings. The van der Waals surface area contributed by atoms with Gasteiger partial charge in [-0.2, -0.15) is 9.78 Å². The number of carbonyl (C=O) groups excluding carboxylic acids is 1. The Bertz CT molecular complexity index is 1080. The lowest BCUT2D eigenvalue weighted by Crippen LogP contribution is -2.20. The maximum Gasteiger partial charge on any atom is 0.293 e. The largest absolute Gasteiger partial charge is 0.496 e. The number of aromatic nitrogens is 5. The predicted molar refractivity (Wildman–Crippen MR) is 107 cm³/mol. The smallest absolute Gasteiger partial charge is 0.293 e. The van der Waals surface area contributed by atoms with Gasteiger partial charge in [-0.1, -0.05) is 5.21 Å². The molecule has 2 heterocycles. The summed E-state index contributed by atoms with van der Waals surface area (Å²) < 4.78 is 22.1. The van der Waals surface area contributed by atoms with Gasteiger partial charge in [-0.05, 0) is 38.4 Å². The van der Waals surface area contributed by atoms with Gasteiger partial charge in [0.05, 0.1) is 37.1 Å². The van der Waals surface area contributed by atoms with E-state index in [2.05, 4.69) is 51.7 Å². The first-order valence-corrected chi connectivity index (χ1v) is 9.06. The number of nitrogens with two attached hydrogens (primary N) is 1. The third-order valence-electron chi connectivity index (χ3n) is 3.86. The molecule has 0 saturated heterocycles. The van der Waals surface area contributed by atoms with Crippen molar-refractivity contribution in [1.82, 2.24) is 30.7 Å². The zero-order valence-corrected chi connectivity index (χ0v) is 17.7. The minimum Gasteiger partial charge on any atom is -0.496 e. The number of hydrogen-bond acceptors (Lipinski definition) is 11. The molecule has 14 heteroatoms. The van der Waals surface area contributed by atoms with Gasteiger partial charge >= 0.3 is 0 Å². The summed E-state index contributed by atoms with van der Waals surface area (Å²) in [5, 5.41) is 18.8. The van der Waals surface area contributed by atoms with Crippen LogP contribution in [0, 0.1) is 0 Å². The first-order chi connectivity index (χ1) is 14.5. The van der Waals surface area contributed by atoms with Crippen LogP contribution in [0.2, 0.25) is 0 Å². The Morgan fingerprint density at radius 3 is 2.67 bits per heavy atom. The fourth-order valence-electron chi connectivity index (χ4n) is 2.47. The van der Waals surface area contributed by atoms with E-state index >= 15 is 0 Å². The molecular weight excluding hydrogens is 464 g/mol. The number of hydrogen-bond donors (Lipinski definition) is 2. The molecule has 0 unspecified atom stereocenters. The molecule has 13 nitrogen and oxygen atoms in total. The number of nitrogens with zero attached hydrogens (tertiary/aromatic N) is 6. The lowest BCUT2D eigenvalue weighted by atomic mass is 10.2. The number of nitrogen functional groups attached to an aromatic ring is 1. The van der Waals surface area contributed by atoms with Crippen molar-refractivity contribution in [2.24, 2.45) is 5.10 Å². The molecule has 0 atom stereocenters. The zero-order chi connectivity index (χ0) is 21.7. The number of nitrogens with one attached hydrogen (secondary N) is 1. The van der Waals surface area contributed by atoms with E-state index in [1.54, 1.807) is 12.1 Å². The summed E-state index contributed by atoms with van der Waals surface area (Å²) in [6, 6.07) is 3.45. The van der Waals surface area contributed by atoms with Gasteiger partial charge in [0, 0.05) is 7.11 Å². The molecule has 1 aromatic carbocycles. The fraction of sp³-hybridized carbons (Fsp3) is 0.250. The number of amides is 1. The van der Waals surface area contributed by atoms with Crippen molar-refractivity contribution < 1.29 is 23.6 Å². The van der Waals surface area contributed by atoms with Crippen molar-refractivity contribution in [2.45, 2.75) is 6.61 Å². The third-order valence-corrected chi connectivity index (χ3v) is 4.68. The molecule has 30 heavy (non-hydrogen) atoms. The molecule has 2 aromatic heterocycles. The van der Waals surface area contributed by atoms with Crippen LogP contribution in [-0.2, 0) is 11.3 Å². The van der Waals surface area contributed by atoms with Crippen LogP contribution < -0.4 is 20.6 Å². The number of halogens is 1. The Labute approximate surface area is 178 Å². The van der Waals surface area contributed by atoms with E-state index in [1.807, 2.05) is 0 Å². The number of benzene rings is 1. The molecule has 0 aliphatic carbocycles. The minimum absolute atomic E-state index is 0.00101. The normalized spacial score (nSPS) is 11.1. The fourth-order valence-corrected chi connectivity index (χ4v) is 3.06. The molecule has 0 spiro atoms. The van der Waals surface area contributed by atoms with Crippen LogP contribution in [0.1, 0.15) is 21.7 Å². The van der Waals surface area contributed by atoms with E-state index in [0.717, 1.165) is 0 Å². The number of methoxy groups -OCH3 is 3. The quantitative estimate of drug-likeness (QED) is 0.349. The summed E-state index contributed by atoms with van der Waals surface area (Å²) in [7, 11) is 4.51. The monoisotopic (exact) mass is 480 g/mol. The number of rotatable bonds is 8. The van der Waals surface area contributed by atoms with Crippen LogP contribution in [0.15, 0.2) is 26.3 Å². The highest BCUT2D eigenvalue weighted by Gasteiger charge is 2.23. The average molecular weight is 481 g/mol. The molecule has 1 amide bonds. The zero-order valence-electron chi connectivity index (χ0n) is 16.1. The molecule has 0 fully saturated rings. The molecule has 158 valence electrons. The summed E-state index contributed by atoms with van der Waals surface area (Å²) >= 11 is 3.42. The Morgan fingerprint density at radius 2 is 2.03 bits per heavy atom. The van der Waals surface area contributed by atoms with Crippen LogP contribution in [0.3, 0.4) is 0 Å². The highest BCUT2D eigenvalue weighted by atomic mass is 79.9. The van der Waals surface area contributed by atoms with Gasteiger partial charge < -0.3 is 19.9 Å². The maximum absolute atomic E-state index is 12.6. The second kappa shape index (κ2) is 9.32. The molecule has 0 bridgehead atoms. The Morgan fingerprint density at radius 1 is 1.30 bits per heavy atom. The van der Waals surface area contributed by atoms with Crippen molar-refractivity contribution in [3.8, 4) is 17.3 Å². The summed E-state index contributed by atoms with van der Waals surface area (Å²) in [6.45, 7) is 0.00101. The third kappa shape index (κ3) is 4.08. The molecular formula is C16H17BrN8O5. The predicted octanol–water partition coefficient (Wildman–Crippen LogP) is 0.922. The second-order valence-corrected chi connectivity index (χ2v) is 6.39. The Hall–Kier alpha value is -3.52. The van der Waals surface area contributed by atoms with Crippen molar-refractivity contribution >= 4 is 33.9 Å². The van der Waals surface area contributed by atoms with Crippen molar-refractivity contribution in [2.75, 3.05) is 27.1 Å². The van der Waals surface area contributed by atoms with Gasteiger partial charge in [-0.15, -0.1) is 5.10 Å². The van der Waals surface area contributed by atoms with Gasteiger partial charge in [0.2, 0.25) is 11.6 Å². The first kappa shape index (κ1) is 21.2. The molecule has 3 aromatic rings. The maximum atomic E-state index is 12.6. The Balaban J connectivity index is 1.86. The van der Waals surface area contributed by atoms with Crippen molar-refractivity contribution in [3.05, 3.63) is 33.6 Å². The SMILES string of the molecule is COCc1c(C(=O)N/N=C\c2c(OC)ccc(OC)c2Br)nnn1-c1nonc1N. The number of carbonyl (C=O) groups is 1. The van der Waals surface area contributed by atoms with Gasteiger partial charge in [0.15, 0.2) is 5.69 Å². The highest BCUT2D eigenvalue weighted by molar-refractivity contribution is 9.10. The molecule has 3 N–H and O–H groups in total. The van der Waals surface area contributed by atoms with E-state index in [1.165, 1.54) is 32.2 Å². The lowest BCUT2D eigenvalue weighted by molar-refractivity contribution is 0.0944. The van der Waals surface area contributed by atoms with Gasteiger partial charge in [-0.3, -0.25) is 4.79 Å². The molecule has 0 aliphatic heterocycles. The number of hydrazone groups is 1. The summed E-state index contributed by atoms with van der Waals surface area (Å²) in [4.78, 5) is 12.6. The summed E-state index contributed by atoms with van der Waals surface area (Å²) in [6.07, 6.45) is 1.41. The van der Waals surface area contributed by atoms with Gasteiger partial charge in [0.1, 0.15) is 17.2 Å². The van der Waals surface area contributed by atoms with Crippen molar-refractivity contribution in [3.63, 3.8) is 0 Å². The van der Waals surface area contributed by atoms with E-state index < -0.39 is 5.91 Å². The van der Waals surface area contributed by atoms with E-state index in [9.17, 15) is 4.79 Å². The lowest BCUT2D eigenvalue weighted by Gasteiger charge is -2.10. The second-order valence-electron chi connectivity index (χ2n) is 5.60. The number of anilines is 1.